The smallest absolute Gasteiger partial charge is 0.394 e. The Morgan fingerprint density at radius 2 is 1.53 bits per heavy atom. The van der Waals surface area contributed by atoms with E-state index < -0.39 is 52.5 Å². The molecule has 6 nitrogen and oxygen atoms in total. The number of halogens is 6. The van der Waals surface area contributed by atoms with Crippen LogP contribution >= 0.6 is 0 Å². The van der Waals surface area contributed by atoms with Crippen molar-refractivity contribution in [2.75, 3.05) is 30.0 Å². The number of rotatable bonds is 6. The van der Waals surface area contributed by atoms with E-state index >= 15 is 0 Å². The first kappa shape index (κ1) is 32.3. The van der Waals surface area contributed by atoms with Gasteiger partial charge in [0.2, 0.25) is 5.91 Å². The Bertz CT molecular complexity index is 1490. The largest absolute Gasteiger partial charge is 0.416 e. The summed E-state index contributed by atoms with van der Waals surface area (Å²) in [6, 6.07) is 7.94. The second-order valence-corrected chi connectivity index (χ2v) is 11.5. The summed E-state index contributed by atoms with van der Waals surface area (Å²) in [4.78, 5) is 21.4. The molecule has 4 rings (SSSR count). The Labute approximate surface area is 245 Å². The average Bonchev–Trinajstić information content (AvgIpc) is 3.31. The zero-order valence-corrected chi connectivity index (χ0v) is 24.3. The minimum atomic E-state index is -5.06. The lowest BCUT2D eigenvalue weighted by Crippen LogP contribution is -2.42. The third-order valence-electron chi connectivity index (χ3n) is 8.04. The van der Waals surface area contributed by atoms with Crippen LogP contribution in [0.3, 0.4) is 0 Å². The molecular weight excluding hydrogens is 576 g/mol. The molecule has 1 amide bonds. The van der Waals surface area contributed by atoms with E-state index in [1.54, 1.807) is 11.0 Å². The molecule has 1 aromatic heterocycles. The maximum absolute atomic E-state index is 14.0. The Morgan fingerprint density at radius 3 is 2.07 bits per heavy atom. The second kappa shape index (κ2) is 11.5. The molecule has 0 saturated carbocycles. The molecule has 0 aliphatic carbocycles. The van der Waals surface area contributed by atoms with Gasteiger partial charge in [-0.25, -0.2) is 4.98 Å². The first-order chi connectivity index (χ1) is 19.9. The van der Waals surface area contributed by atoms with Crippen LogP contribution in [0, 0.1) is 13.8 Å². The van der Waals surface area contributed by atoms with Gasteiger partial charge in [-0.2, -0.15) is 26.3 Å². The van der Waals surface area contributed by atoms with Crippen molar-refractivity contribution in [3.05, 3.63) is 76.5 Å². The summed E-state index contributed by atoms with van der Waals surface area (Å²) in [6.45, 7) is 6.44. The Balaban J connectivity index is 1.84. The third-order valence-corrected chi connectivity index (χ3v) is 8.04. The number of aliphatic hydroxyl groups excluding tert-OH is 2. The predicted octanol–water partition coefficient (Wildman–Crippen LogP) is 6.28. The number of aryl methyl sites for hydroxylation is 2. The first-order valence-electron chi connectivity index (χ1n) is 13.6. The van der Waals surface area contributed by atoms with Crippen LogP contribution < -0.4 is 9.80 Å². The summed E-state index contributed by atoms with van der Waals surface area (Å²) < 4.78 is 81.6. The number of pyridine rings is 1. The molecule has 1 fully saturated rings. The van der Waals surface area contributed by atoms with Crippen molar-refractivity contribution >= 4 is 17.4 Å². The number of aromatic nitrogens is 1. The van der Waals surface area contributed by atoms with Gasteiger partial charge in [0.05, 0.1) is 47.2 Å². The molecule has 2 aromatic carbocycles. The first-order valence-corrected chi connectivity index (χ1v) is 13.6. The highest BCUT2D eigenvalue weighted by atomic mass is 19.4. The SMILES string of the molecule is Cc1ccc(-c2cc(N3CC[C@H](O)[C@H]3CO)ncc2N(C)C(=O)C(C)(C)c2cc(C(F)(F)F)cc(C(F)(F)F)c2)c(C)c1. The van der Waals surface area contributed by atoms with Crippen LogP contribution in [0.25, 0.3) is 11.1 Å². The number of hydrogen-bond donors (Lipinski definition) is 2. The highest BCUT2D eigenvalue weighted by Crippen LogP contribution is 2.41. The van der Waals surface area contributed by atoms with Crippen LogP contribution in [0.1, 0.15) is 48.1 Å². The molecule has 2 atom stereocenters. The summed E-state index contributed by atoms with van der Waals surface area (Å²) in [5.41, 5.74) is -1.90. The van der Waals surface area contributed by atoms with Crippen molar-refractivity contribution in [2.45, 2.75) is 64.0 Å². The van der Waals surface area contributed by atoms with E-state index in [-0.39, 0.29) is 18.4 Å². The summed E-state index contributed by atoms with van der Waals surface area (Å²) in [5, 5.41) is 20.2. The van der Waals surface area contributed by atoms with Gasteiger partial charge in [-0.3, -0.25) is 4.79 Å². The van der Waals surface area contributed by atoms with Gasteiger partial charge < -0.3 is 20.0 Å². The molecule has 0 radical (unpaired) electrons. The van der Waals surface area contributed by atoms with Crippen LogP contribution in [0.4, 0.5) is 37.8 Å². The van der Waals surface area contributed by atoms with Gasteiger partial charge in [-0.15, -0.1) is 0 Å². The van der Waals surface area contributed by atoms with E-state index in [0.717, 1.165) is 16.7 Å². The van der Waals surface area contributed by atoms with Gasteiger partial charge in [0, 0.05) is 19.2 Å². The fraction of sp³-hybridized carbons (Fsp3) is 0.419. The highest BCUT2D eigenvalue weighted by Gasteiger charge is 2.41. The highest BCUT2D eigenvalue weighted by molar-refractivity contribution is 6.03. The van der Waals surface area contributed by atoms with Crippen molar-refractivity contribution in [3.8, 4) is 11.1 Å². The molecular formula is C31H33F6N3O3. The number of amides is 1. The van der Waals surface area contributed by atoms with Crippen LogP contribution in [-0.4, -0.2) is 53.4 Å². The second-order valence-electron chi connectivity index (χ2n) is 11.5. The van der Waals surface area contributed by atoms with E-state index in [2.05, 4.69) is 4.98 Å². The van der Waals surface area contributed by atoms with Gasteiger partial charge in [0.1, 0.15) is 5.82 Å². The van der Waals surface area contributed by atoms with Gasteiger partial charge in [-0.1, -0.05) is 23.8 Å². The maximum Gasteiger partial charge on any atom is 0.416 e. The molecule has 0 bridgehead atoms. The van der Waals surface area contributed by atoms with Crippen molar-refractivity contribution in [2.24, 2.45) is 0 Å². The summed E-state index contributed by atoms with van der Waals surface area (Å²) >= 11 is 0. The monoisotopic (exact) mass is 609 g/mol. The maximum atomic E-state index is 14.0. The van der Waals surface area contributed by atoms with Crippen LogP contribution in [0.2, 0.25) is 0 Å². The molecule has 232 valence electrons. The van der Waals surface area contributed by atoms with E-state index in [4.69, 9.17) is 0 Å². The molecule has 3 aromatic rings. The van der Waals surface area contributed by atoms with Crippen molar-refractivity contribution in [3.63, 3.8) is 0 Å². The number of carbonyl (C=O) groups excluding carboxylic acids is 1. The number of benzene rings is 2. The van der Waals surface area contributed by atoms with Gasteiger partial charge in [-0.05, 0) is 75.1 Å². The summed E-state index contributed by atoms with van der Waals surface area (Å²) in [7, 11) is 1.39. The molecule has 43 heavy (non-hydrogen) atoms. The van der Waals surface area contributed by atoms with Crippen molar-refractivity contribution in [1.29, 1.82) is 0 Å². The molecule has 2 heterocycles. The zero-order chi connectivity index (χ0) is 32.1. The van der Waals surface area contributed by atoms with Crippen molar-refractivity contribution < 1.29 is 41.4 Å². The molecule has 0 unspecified atom stereocenters. The van der Waals surface area contributed by atoms with Crippen LogP contribution in [0.5, 0.6) is 0 Å². The summed E-state index contributed by atoms with van der Waals surface area (Å²) in [5.74, 6) is -0.326. The molecule has 1 saturated heterocycles. The topological polar surface area (TPSA) is 76.9 Å². The van der Waals surface area contributed by atoms with E-state index in [9.17, 15) is 41.4 Å². The number of alkyl halides is 6. The fourth-order valence-corrected chi connectivity index (χ4v) is 5.50. The van der Waals surface area contributed by atoms with E-state index in [1.807, 2.05) is 32.0 Å². The minimum Gasteiger partial charge on any atom is -0.394 e. The predicted molar refractivity (Wildman–Crippen MR) is 151 cm³/mol. The Kier molecular flexibility index (Phi) is 8.60. The van der Waals surface area contributed by atoms with Crippen LogP contribution in [-0.2, 0) is 22.6 Å². The van der Waals surface area contributed by atoms with Crippen molar-refractivity contribution in [1.82, 2.24) is 4.98 Å². The number of anilines is 2. The lowest BCUT2D eigenvalue weighted by molar-refractivity contribution is -0.143. The lowest BCUT2D eigenvalue weighted by atomic mass is 9.81. The minimum absolute atomic E-state index is 0.0314. The number of nitrogens with zero attached hydrogens (tertiary/aromatic N) is 3. The number of hydrogen-bond acceptors (Lipinski definition) is 5. The molecule has 1 aliphatic rings. The summed E-state index contributed by atoms with van der Waals surface area (Å²) in [6.07, 6.45) is -9.07. The van der Waals surface area contributed by atoms with Gasteiger partial charge in [0.25, 0.3) is 0 Å². The number of carbonyl (C=O) groups is 1. The number of aliphatic hydroxyl groups is 2. The van der Waals surface area contributed by atoms with E-state index in [0.29, 0.717) is 36.5 Å². The molecule has 1 aliphatic heterocycles. The Morgan fingerprint density at radius 1 is 0.953 bits per heavy atom. The lowest BCUT2D eigenvalue weighted by Gasteiger charge is -2.33. The van der Waals surface area contributed by atoms with Crippen LogP contribution in [0.15, 0.2) is 48.7 Å². The zero-order valence-electron chi connectivity index (χ0n) is 24.3. The molecule has 2 N–H and O–H groups in total. The average molecular weight is 610 g/mol. The Hall–Kier alpha value is -3.64. The normalized spacial score (nSPS) is 17.8. The quantitative estimate of drug-likeness (QED) is 0.322. The standard InChI is InChI=1S/C31H33F6N3O3/c1-17-6-7-22(18(2)10-17)23-14-27(40-9-8-26(42)25(40)16-41)38-15-24(23)39(5)28(43)29(3,4)19-11-20(30(32,33)34)13-21(12-19)31(35,36)37/h6-7,10-15,25-26,41-42H,8-9,16H2,1-5H3/t25-,26+/m1/s1. The van der Waals surface area contributed by atoms with Gasteiger partial charge in [0.15, 0.2) is 0 Å². The third kappa shape index (κ3) is 6.35. The van der Waals surface area contributed by atoms with Gasteiger partial charge >= 0.3 is 12.4 Å². The fourth-order valence-electron chi connectivity index (χ4n) is 5.50. The molecule has 0 spiro atoms. The number of likely N-dealkylation sites (N-methyl/N-ethyl adjacent to an activating group) is 1. The molecule has 12 heteroatoms. The van der Waals surface area contributed by atoms with E-state index in [1.165, 1.54) is 32.0 Å².